The van der Waals surface area contributed by atoms with Gasteiger partial charge in [-0.25, -0.2) is 0 Å². The number of nitrogens with zero attached hydrogens (tertiary/aromatic N) is 1. The van der Waals surface area contributed by atoms with Crippen molar-refractivity contribution in [3.05, 3.63) is 0 Å². The summed E-state index contributed by atoms with van der Waals surface area (Å²) >= 11 is 0. The summed E-state index contributed by atoms with van der Waals surface area (Å²) in [5, 5.41) is 12.2. The number of rotatable bonds is 6. The van der Waals surface area contributed by atoms with Crippen LogP contribution in [0.3, 0.4) is 0 Å². The van der Waals surface area contributed by atoms with Gasteiger partial charge in [-0.2, -0.15) is 0 Å². The zero-order valence-electron chi connectivity index (χ0n) is 11.5. The molecule has 1 aliphatic heterocycles. The van der Waals surface area contributed by atoms with Crippen molar-refractivity contribution >= 4 is 5.97 Å². The Morgan fingerprint density at radius 2 is 2.12 bits per heavy atom. The number of hydrogen-bond donors (Lipinski definition) is 2. The summed E-state index contributed by atoms with van der Waals surface area (Å²) in [6.45, 7) is 10.4. The van der Waals surface area contributed by atoms with Crippen LogP contribution >= 0.6 is 0 Å². The molecule has 0 aliphatic carbocycles. The molecule has 1 rings (SSSR count). The molecule has 0 bridgehead atoms. The van der Waals surface area contributed by atoms with Gasteiger partial charge >= 0.3 is 5.97 Å². The maximum absolute atomic E-state index is 11.1. The topological polar surface area (TPSA) is 52.6 Å². The summed E-state index contributed by atoms with van der Waals surface area (Å²) in [7, 11) is 0. The predicted molar refractivity (Wildman–Crippen MR) is 69.2 cm³/mol. The van der Waals surface area contributed by atoms with Crippen molar-refractivity contribution in [1.82, 2.24) is 10.2 Å². The van der Waals surface area contributed by atoms with E-state index in [1.165, 1.54) is 12.8 Å². The van der Waals surface area contributed by atoms with Gasteiger partial charge in [-0.3, -0.25) is 9.69 Å². The first-order valence-corrected chi connectivity index (χ1v) is 6.57. The number of carboxylic acids is 1. The molecule has 0 radical (unpaired) electrons. The Bertz CT molecular complexity index is 264. The van der Waals surface area contributed by atoms with E-state index in [9.17, 15) is 4.79 Å². The summed E-state index contributed by atoms with van der Waals surface area (Å²) in [5.74, 6) is -0.740. The molecule has 0 amide bonds. The Kier molecular flexibility index (Phi) is 4.95. The van der Waals surface area contributed by atoms with Gasteiger partial charge in [0.2, 0.25) is 0 Å². The number of carbonyl (C=O) groups is 1. The number of aliphatic carboxylic acids is 1. The summed E-state index contributed by atoms with van der Waals surface area (Å²) in [4.78, 5) is 13.5. The van der Waals surface area contributed by atoms with Gasteiger partial charge in [0.25, 0.3) is 0 Å². The van der Waals surface area contributed by atoms with Crippen LogP contribution < -0.4 is 5.32 Å². The number of likely N-dealkylation sites (tertiary alicyclic amines) is 1. The van der Waals surface area contributed by atoms with Gasteiger partial charge in [0.05, 0.1) is 0 Å². The first-order chi connectivity index (χ1) is 7.83. The molecule has 100 valence electrons. The van der Waals surface area contributed by atoms with Gasteiger partial charge in [-0.15, -0.1) is 0 Å². The van der Waals surface area contributed by atoms with E-state index in [-0.39, 0.29) is 11.6 Å². The molecule has 4 heteroatoms. The minimum Gasteiger partial charge on any atom is -0.480 e. The highest BCUT2D eigenvalue weighted by Crippen LogP contribution is 2.28. The van der Waals surface area contributed by atoms with E-state index in [1.54, 1.807) is 0 Å². The van der Waals surface area contributed by atoms with E-state index in [4.69, 9.17) is 5.11 Å². The molecule has 0 aromatic heterocycles. The average molecular weight is 242 g/mol. The van der Waals surface area contributed by atoms with Gasteiger partial charge in [-0.1, -0.05) is 13.8 Å². The Labute approximate surface area is 104 Å². The second kappa shape index (κ2) is 5.83. The van der Waals surface area contributed by atoms with Crippen LogP contribution in [0.2, 0.25) is 0 Å². The van der Waals surface area contributed by atoms with Crippen LogP contribution in [-0.2, 0) is 4.79 Å². The van der Waals surface area contributed by atoms with Crippen LogP contribution in [0, 0.1) is 0 Å². The van der Waals surface area contributed by atoms with Crippen molar-refractivity contribution in [3.63, 3.8) is 0 Å². The maximum Gasteiger partial charge on any atom is 0.320 e. The largest absolute Gasteiger partial charge is 0.480 e. The number of carboxylic acid groups (broad SMARTS) is 1. The van der Waals surface area contributed by atoms with Crippen LogP contribution in [-0.4, -0.2) is 46.7 Å². The lowest BCUT2D eigenvalue weighted by atomic mass is 10.0. The Balaban J connectivity index is 2.44. The fourth-order valence-corrected chi connectivity index (χ4v) is 2.54. The molecule has 1 heterocycles. The van der Waals surface area contributed by atoms with Crippen LogP contribution in [0.5, 0.6) is 0 Å². The second-order valence-electron chi connectivity index (χ2n) is 5.90. The zero-order chi connectivity index (χ0) is 13.1. The van der Waals surface area contributed by atoms with Gasteiger partial charge in [-0.05, 0) is 39.7 Å². The fraction of sp³-hybridized carbons (Fsp3) is 0.923. The van der Waals surface area contributed by atoms with Crippen LogP contribution in [0.4, 0.5) is 0 Å². The van der Waals surface area contributed by atoms with E-state index >= 15 is 0 Å². The average Bonchev–Trinajstić information content (AvgIpc) is 2.51. The minimum atomic E-state index is -0.740. The summed E-state index contributed by atoms with van der Waals surface area (Å²) < 4.78 is 0. The third-order valence-electron chi connectivity index (χ3n) is 3.59. The Hall–Kier alpha value is -0.610. The molecule has 1 aliphatic rings. The molecule has 0 aromatic carbocycles. The lowest BCUT2D eigenvalue weighted by Crippen LogP contribution is -2.45. The van der Waals surface area contributed by atoms with Crippen molar-refractivity contribution < 1.29 is 9.90 Å². The molecule has 1 saturated heterocycles. The summed E-state index contributed by atoms with van der Waals surface area (Å²) in [6, 6.07) is -0.214. The smallest absolute Gasteiger partial charge is 0.320 e. The molecule has 1 unspecified atom stereocenters. The molecular formula is C13H26N2O2. The van der Waals surface area contributed by atoms with Crippen LogP contribution in [0.1, 0.15) is 47.0 Å². The standard InChI is InChI=1S/C13H26N2O2/c1-10(2)14-11(12(16)17)6-9-15-8-5-7-13(15,3)4/h10-11,14H,5-9H2,1-4H3,(H,16,17). The minimum absolute atomic E-state index is 0.211. The highest BCUT2D eigenvalue weighted by Gasteiger charge is 2.32. The summed E-state index contributed by atoms with van der Waals surface area (Å²) in [5.41, 5.74) is 0.237. The maximum atomic E-state index is 11.1. The Morgan fingerprint density at radius 1 is 1.47 bits per heavy atom. The van der Waals surface area contributed by atoms with E-state index in [2.05, 4.69) is 24.1 Å². The molecule has 0 saturated carbocycles. The highest BCUT2D eigenvalue weighted by atomic mass is 16.4. The first-order valence-electron chi connectivity index (χ1n) is 6.57. The van der Waals surface area contributed by atoms with Gasteiger partial charge in [0, 0.05) is 18.1 Å². The lowest BCUT2D eigenvalue weighted by molar-refractivity contribution is -0.140. The van der Waals surface area contributed by atoms with Gasteiger partial charge in [0.1, 0.15) is 6.04 Å². The van der Waals surface area contributed by atoms with Crippen molar-refractivity contribution in [2.45, 2.75) is 64.6 Å². The molecule has 1 atom stereocenters. The third kappa shape index (κ3) is 4.28. The fourth-order valence-electron chi connectivity index (χ4n) is 2.54. The molecule has 1 fully saturated rings. The first kappa shape index (κ1) is 14.5. The highest BCUT2D eigenvalue weighted by molar-refractivity contribution is 5.73. The SMILES string of the molecule is CC(C)NC(CCN1CCCC1(C)C)C(=O)O. The zero-order valence-corrected chi connectivity index (χ0v) is 11.5. The van der Waals surface area contributed by atoms with Crippen molar-refractivity contribution in [2.24, 2.45) is 0 Å². The summed E-state index contributed by atoms with van der Waals surface area (Å²) in [6.07, 6.45) is 3.11. The van der Waals surface area contributed by atoms with Crippen molar-refractivity contribution in [1.29, 1.82) is 0 Å². The van der Waals surface area contributed by atoms with E-state index in [0.29, 0.717) is 6.42 Å². The third-order valence-corrected chi connectivity index (χ3v) is 3.59. The lowest BCUT2D eigenvalue weighted by Gasteiger charge is -2.32. The van der Waals surface area contributed by atoms with Crippen LogP contribution in [0.25, 0.3) is 0 Å². The Morgan fingerprint density at radius 3 is 2.53 bits per heavy atom. The molecule has 4 nitrogen and oxygen atoms in total. The molecule has 0 spiro atoms. The van der Waals surface area contributed by atoms with Crippen molar-refractivity contribution in [3.8, 4) is 0 Å². The normalized spacial score (nSPS) is 21.9. The molecule has 2 N–H and O–H groups in total. The van der Waals surface area contributed by atoms with E-state index in [1.807, 2.05) is 13.8 Å². The van der Waals surface area contributed by atoms with Gasteiger partial charge < -0.3 is 10.4 Å². The van der Waals surface area contributed by atoms with Crippen LogP contribution in [0.15, 0.2) is 0 Å². The van der Waals surface area contributed by atoms with Crippen molar-refractivity contribution in [2.75, 3.05) is 13.1 Å². The monoisotopic (exact) mass is 242 g/mol. The second-order valence-corrected chi connectivity index (χ2v) is 5.90. The molecule has 0 aromatic rings. The van der Waals surface area contributed by atoms with E-state index < -0.39 is 12.0 Å². The molecular weight excluding hydrogens is 216 g/mol. The quantitative estimate of drug-likeness (QED) is 0.744. The molecule has 17 heavy (non-hydrogen) atoms. The predicted octanol–water partition coefficient (Wildman–Crippen LogP) is 1.70. The van der Waals surface area contributed by atoms with Gasteiger partial charge in [0.15, 0.2) is 0 Å². The number of hydrogen-bond acceptors (Lipinski definition) is 3. The van der Waals surface area contributed by atoms with E-state index in [0.717, 1.165) is 13.1 Å². The number of nitrogens with one attached hydrogen (secondary N) is 1.